The van der Waals surface area contributed by atoms with Crippen molar-refractivity contribution in [2.24, 2.45) is 0 Å². The molecule has 2 nitrogen and oxygen atoms in total. The summed E-state index contributed by atoms with van der Waals surface area (Å²) in [6, 6.07) is 6.11. The fourth-order valence-electron chi connectivity index (χ4n) is 2.27. The lowest BCUT2D eigenvalue weighted by Gasteiger charge is -2.19. The monoisotopic (exact) mass is 220 g/mol. The molecule has 1 aromatic carbocycles. The van der Waals surface area contributed by atoms with Crippen molar-refractivity contribution in [3.63, 3.8) is 0 Å². The molecular weight excluding hydrogens is 203 g/mol. The second kappa shape index (κ2) is 3.96. The zero-order chi connectivity index (χ0) is 11.0. The highest BCUT2D eigenvalue weighted by molar-refractivity contribution is 5.57. The van der Waals surface area contributed by atoms with Crippen molar-refractivity contribution in [1.29, 1.82) is 0 Å². The molecule has 1 N–H and O–H groups in total. The molecule has 0 aromatic heterocycles. The van der Waals surface area contributed by atoms with E-state index in [1.807, 2.05) is 12.1 Å². The summed E-state index contributed by atoms with van der Waals surface area (Å²) in [7, 11) is 0. The summed E-state index contributed by atoms with van der Waals surface area (Å²) in [5.41, 5.74) is 1.68. The molecule has 1 heterocycles. The third-order valence-electron chi connectivity index (χ3n) is 3.34. The van der Waals surface area contributed by atoms with Crippen LogP contribution in [0.5, 0.6) is 0 Å². The Morgan fingerprint density at radius 3 is 2.56 bits per heavy atom. The normalized spacial score (nSPS) is 20.2. The molecule has 0 bridgehead atoms. The highest BCUT2D eigenvalue weighted by Gasteiger charge is 2.22. The van der Waals surface area contributed by atoms with Crippen LogP contribution in [0, 0.1) is 5.82 Å². The van der Waals surface area contributed by atoms with Crippen molar-refractivity contribution in [1.82, 2.24) is 0 Å². The molecule has 86 valence electrons. The summed E-state index contributed by atoms with van der Waals surface area (Å²) in [5.74, 6) is -0.0902. The summed E-state index contributed by atoms with van der Waals surface area (Å²) in [6.45, 7) is 1.98. The van der Waals surface area contributed by atoms with Gasteiger partial charge in [0.15, 0.2) is 0 Å². The van der Waals surface area contributed by atoms with E-state index < -0.39 is 0 Å². The SMILES string of the molecule is Fc1cc(NC2CC2)ccc1N1CCCC1. The van der Waals surface area contributed by atoms with Crippen LogP contribution >= 0.6 is 0 Å². The number of nitrogens with zero attached hydrogens (tertiary/aromatic N) is 1. The maximum atomic E-state index is 13.9. The van der Waals surface area contributed by atoms with Gasteiger partial charge in [0, 0.05) is 24.8 Å². The minimum absolute atomic E-state index is 0.0902. The predicted octanol–water partition coefficient (Wildman–Crippen LogP) is 3.00. The van der Waals surface area contributed by atoms with Crippen molar-refractivity contribution < 1.29 is 4.39 Å². The second-order valence-electron chi connectivity index (χ2n) is 4.78. The van der Waals surface area contributed by atoms with Crippen molar-refractivity contribution in [2.45, 2.75) is 31.7 Å². The van der Waals surface area contributed by atoms with Gasteiger partial charge >= 0.3 is 0 Å². The molecule has 1 saturated carbocycles. The van der Waals surface area contributed by atoms with E-state index >= 15 is 0 Å². The molecule has 16 heavy (non-hydrogen) atoms. The number of nitrogens with one attached hydrogen (secondary N) is 1. The van der Waals surface area contributed by atoms with E-state index in [0.717, 1.165) is 24.5 Å². The van der Waals surface area contributed by atoms with Gasteiger partial charge in [-0.2, -0.15) is 0 Å². The number of halogens is 1. The third kappa shape index (κ3) is 1.99. The first-order valence-corrected chi connectivity index (χ1v) is 6.14. The Kier molecular flexibility index (Phi) is 2.46. The first-order valence-electron chi connectivity index (χ1n) is 6.14. The van der Waals surface area contributed by atoms with Crippen molar-refractivity contribution >= 4 is 11.4 Å². The Hall–Kier alpha value is -1.25. The minimum Gasteiger partial charge on any atom is -0.382 e. The average Bonchev–Trinajstić information content (AvgIpc) is 2.92. The van der Waals surface area contributed by atoms with Crippen LogP contribution in [-0.4, -0.2) is 19.1 Å². The largest absolute Gasteiger partial charge is 0.382 e. The van der Waals surface area contributed by atoms with E-state index in [-0.39, 0.29) is 5.82 Å². The van der Waals surface area contributed by atoms with Gasteiger partial charge in [0.1, 0.15) is 5.82 Å². The summed E-state index contributed by atoms with van der Waals surface area (Å²) < 4.78 is 13.9. The Labute approximate surface area is 95.4 Å². The number of hydrogen-bond donors (Lipinski definition) is 1. The van der Waals surface area contributed by atoms with E-state index in [4.69, 9.17) is 0 Å². The highest BCUT2D eigenvalue weighted by Crippen LogP contribution is 2.29. The van der Waals surface area contributed by atoms with Gasteiger partial charge in [-0.1, -0.05) is 0 Å². The Morgan fingerprint density at radius 1 is 1.19 bits per heavy atom. The molecule has 2 fully saturated rings. The number of anilines is 2. The van der Waals surface area contributed by atoms with Crippen molar-refractivity contribution in [3.05, 3.63) is 24.0 Å². The average molecular weight is 220 g/mol. The molecular formula is C13H17FN2. The van der Waals surface area contributed by atoms with Crippen LogP contribution < -0.4 is 10.2 Å². The molecule has 1 saturated heterocycles. The van der Waals surface area contributed by atoms with E-state index in [0.29, 0.717) is 6.04 Å². The van der Waals surface area contributed by atoms with Gasteiger partial charge in [0.25, 0.3) is 0 Å². The van der Waals surface area contributed by atoms with Gasteiger partial charge < -0.3 is 10.2 Å². The lowest BCUT2D eigenvalue weighted by Crippen LogP contribution is -2.19. The molecule has 3 rings (SSSR count). The lowest BCUT2D eigenvalue weighted by atomic mass is 10.2. The summed E-state index contributed by atoms with van der Waals surface area (Å²) in [4.78, 5) is 2.14. The van der Waals surface area contributed by atoms with Crippen LogP contribution in [0.1, 0.15) is 25.7 Å². The quantitative estimate of drug-likeness (QED) is 0.842. The number of hydrogen-bond acceptors (Lipinski definition) is 2. The van der Waals surface area contributed by atoms with Crippen LogP contribution in [0.3, 0.4) is 0 Å². The second-order valence-corrected chi connectivity index (χ2v) is 4.78. The van der Waals surface area contributed by atoms with E-state index in [1.54, 1.807) is 6.07 Å². The molecule has 1 aliphatic heterocycles. The van der Waals surface area contributed by atoms with Gasteiger partial charge in [0.2, 0.25) is 0 Å². The first kappa shape index (κ1) is 9.94. The van der Waals surface area contributed by atoms with Crippen molar-refractivity contribution in [2.75, 3.05) is 23.3 Å². The zero-order valence-corrected chi connectivity index (χ0v) is 9.38. The van der Waals surface area contributed by atoms with E-state index in [9.17, 15) is 4.39 Å². The fraction of sp³-hybridized carbons (Fsp3) is 0.538. The predicted molar refractivity (Wildman–Crippen MR) is 64.5 cm³/mol. The molecule has 0 unspecified atom stereocenters. The molecule has 1 aromatic rings. The van der Waals surface area contributed by atoms with Crippen LogP contribution in [-0.2, 0) is 0 Å². The maximum absolute atomic E-state index is 13.9. The molecule has 0 spiro atoms. The molecule has 2 aliphatic rings. The summed E-state index contributed by atoms with van der Waals surface area (Å²) >= 11 is 0. The van der Waals surface area contributed by atoms with Crippen LogP contribution in [0.4, 0.5) is 15.8 Å². The third-order valence-corrected chi connectivity index (χ3v) is 3.34. The van der Waals surface area contributed by atoms with Gasteiger partial charge in [-0.25, -0.2) is 4.39 Å². The number of benzene rings is 1. The van der Waals surface area contributed by atoms with Crippen LogP contribution in [0.2, 0.25) is 0 Å². The fourth-order valence-corrected chi connectivity index (χ4v) is 2.27. The van der Waals surface area contributed by atoms with E-state index in [2.05, 4.69) is 10.2 Å². The topological polar surface area (TPSA) is 15.3 Å². The van der Waals surface area contributed by atoms with E-state index in [1.165, 1.54) is 25.7 Å². The molecule has 0 radical (unpaired) electrons. The minimum atomic E-state index is -0.0902. The Balaban J connectivity index is 1.78. The van der Waals surface area contributed by atoms with Crippen LogP contribution in [0.25, 0.3) is 0 Å². The summed E-state index contributed by atoms with van der Waals surface area (Å²) in [5, 5.41) is 3.32. The van der Waals surface area contributed by atoms with Gasteiger partial charge in [0.05, 0.1) is 5.69 Å². The van der Waals surface area contributed by atoms with Crippen LogP contribution in [0.15, 0.2) is 18.2 Å². The molecule has 3 heteroatoms. The van der Waals surface area contributed by atoms with Gasteiger partial charge in [-0.05, 0) is 43.9 Å². The standard InChI is InChI=1S/C13H17FN2/c14-12-9-11(15-10-3-4-10)5-6-13(12)16-7-1-2-8-16/h5-6,9-10,15H,1-4,7-8H2. The number of rotatable bonds is 3. The summed E-state index contributed by atoms with van der Waals surface area (Å²) in [6.07, 6.45) is 4.80. The van der Waals surface area contributed by atoms with Gasteiger partial charge in [-0.15, -0.1) is 0 Å². The lowest BCUT2D eigenvalue weighted by molar-refractivity contribution is 0.623. The van der Waals surface area contributed by atoms with Crippen molar-refractivity contribution in [3.8, 4) is 0 Å². The van der Waals surface area contributed by atoms with Gasteiger partial charge in [-0.3, -0.25) is 0 Å². The zero-order valence-electron chi connectivity index (χ0n) is 9.38. The Bertz CT molecular complexity index is 382. The smallest absolute Gasteiger partial charge is 0.148 e. The molecule has 0 amide bonds. The highest BCUT2D eigenvalue weighted by atomic mass is 19.1. The maximum Gasteiger partial charge on any atom is 0.148 e. The Morgan fingerprint density at radius 2 is 1.94 bits per heavy atom. The molecule has 0 atom stereocenters. The first-order chi connectivity index (χ1) is 7.83. The molecule has 1 aliphatic carbocycles.